The van der Waals surface area contributed by atoms with E-state index >= 15 is 0 Å². The largest absolute Gasteiger partial charge is 0.497 e. The van der Waals surface area contributed by atoms with Gasteiger partial charge in [0.15, 0.2) is 5.65 Å². The van der Waals surface area contributed by atoms with E-state index in [1.807, 2.05) is 35.2 Å². The normalized spacial score (nSPS) is 15.1. The molecule has 0 unspecified atom stereocenters. The molecule has 0 saturated carbocycles. The number of ether oxygens (including phenoxy) is 1. The number of methoxy groups -OCH3 is 1. The first-order valence-corrected chi connectivity index (χ1v) is 11.2. The summed E-state index contributed by atoms with van der Waals surface area (Å²) in [5.74, 6) is -1.09. The number of pyridine rings is 1. The Morgan fingerprint density at radius 3 is 2.47 bits per heavy atom. The van der Waals surface area contributed by atoms with Gasteiger partial charge in [-0.05, 0) is 33.8 Å². The van der Waals surface area contributed by atoms with Crippen LogP contribution < -0.4 is 15.4 Å². The highest BCUT2D eigenvalue weighted by atomic mass is 19.4. The Labute approximate surface area is 202 Å². The highest BCUT2D eigenvalue weighted by Crippen LogP contribution is 2.21. The average molecular weight is 502 g/mol. The first-order chi connectivity index (χ1) is 17.2. The number of H-pyrrole nitrogens is 1. The Morgan fingerprint density at radius 1 is 1.08 bits per heavy atom. The quantitative estimate of drug-likeness (QED) is 0.406. The minimum Gasteiger partial charge on any atom is -0.497 e. The molecular weight excluding hydrogens is 479 g/mol. The highest BCUT2D eigenvalue weighted by Gasteiger charge is 2.43. The zero-order chi connectivity index (χ0) is 25.4. The number of benzene rings is 1. The van der Waals surface area contributed by atoms with Crippen molar-refractivity contribution in [2.24, 2.45) is 0 Å². The number of fused-ring (bicyclic) bond motifs is 3. The Bertz CT molecular complexity index is 1470. The summed E-state index contributed by atoms with van der Waals surface area (Å²) in [6, 6.07) is 9.27. The summed E-state index contributed by atoms with van der Waals surface area (Å²) in [6.07, 6.45) is -1.77. The molecule has 1 aliphatic heterocycles. The maximum atomic E-state index is 13.1. The van der Waals surface area contributed by atoms with Gasteiger partial charge in [-0.3, -0.25) is 14.3 Å². The SMILES string of the molecule is COc1ccc(Cn2c(=O)n3nc[nH+]c3c3cc(CN4CCN(C(=O)C(F)(F)F)CC4)cnc32)cc1. The molecule has 1 N–H and O–H groups in total. The van der Waals surface area contributed by atoms with Crippen LogP contribution in [0.3, 0.4) is 0 Å². The fourth-order valence-electron chi connectivity index (χ4n) is 4.39. The lowest BCUT2D eigenvalue weighted by Gasteiger charge is -2.34. The molecule has 3 aromatic heterocycles. The van der Waals surface area contributed by atoms with Crippen LogP contribution in [0.25, 0.3) is 16.7 Å². The fourth-order valence-corrected chi connectivity index (χ4v) is 4.39. The van der Waals surface area contributed by atoms with Gasteiger partial charge in [0, 0.05) is 44.0 Å². The zero-order valence-corrected chi connectivity index (χ0v) is 19.3. The number of nitrogens with zero attached hydrogens (tertiary/aromatic N) is 6. The summed E-state index contributed by atoms with van der Waals surface area (Å²) in [6.45, 7) is 1.34. The van der Waals surface area contributed by atoms with Gasteiger partial charge in [0.1, 0.15) is 5.75 Å². The average Bonchev–Trinajstić information content (AvgIpc) is 3.37. The molecule has 1 amide bonds. The molecule has 0 atom stereocenters. The Hall–Kier alpha value is -4.00. The van der Waals surface area contributed by atoms with Crippen LogP contribution >= 0.6 is 0 Å². The van der Waals surface area contributed by atoms with Gasteiger partial charge in [-0.1, -0.05) is 12.1 Å². The predicted molar refractivity (Wildman–Crippen MR) is 121 cm³/mol. The number of piperazine rings is 1. The van der Waals surface area contributed by atoms with Crippen LogP contribution in [0.4, 0.5) is 13.2 Å². The van der Waals surface area contributed by atoms with Crippen molar-refractivity contribution in [2.75, 3.05) is 33.3 Å². The third kappa shape index (κ3) is 4.49. The molecule has 5 rings (SSSR count). The molecule has 0 bridgehead atoms. The maximum Gasteiger partial charge on any atom is 0.471 e. The number of hydrogen-bond acceptors (Lipinski definition) is 6. The van der Waals surface area contributed by atoms with Crippen LogP contribution in [0.2, 0.25) is 0 Å². The Balaban J connectivity index is 1.41. The summed E-state index contributed by atoms with van der Waals surface area (Å²) in [7, 11) is 1.58. The topological polar surface area (TPSA) is 99.1 Å². The minimum absolute atomic E-state index is 0.00139. The van der Waals surface area contributed by atoms with Crippen LogP contribution in [-0.4, -0.2) is 74.3 Å². The van der Waals surface area contributed by atoms with Crippen LogP contribution in [0.1, 0.15) is 11.1 Å². The van der Waals surface area contributed by atoms with E-state index < -0.39 is 12.1 Å². The number of nitrogens with one attached hydrogen (secondary N) is 1. The van der Waals surface area contributed by atoms with E-state index in [1.165, 1.54) is 15.4 Å². The fraction of sp³-hybridized carbons (Fsp3) is 0.348. The van der Waals surface area contributed by atoms with Crippen molar-refractivity contribution < 1.29 is 27.7 Å². The smallest absolute Gasteiger partial charge is 0.471 e. The standard InChI is InChI=1S/C23H22F3N7O3/c1-36-17-4-2-15(3-5-17)13-32-19-18(20-28-14-29-33(20)22(32)35)10-16(11-27-19)12-30-6-8-31(9-7-30)21(34)23(24,25)26/h2-5,10-11,14H,6-9,12-13H2,1H3/p+1. The lowest BCUT2D eigenvalue weighted by atomic mass is 10.2. The third-order valence-corrected chi connectivity index (χ3v) is 6.24. The number of aromatic nitrogens is 5. The number of hydrogen-bond donors (Lipinski definition) is 0. The van der Waals surface area contributed by atoms with E-state index in [9.17, 15) is 22.8 Å². The van der Waals surface area contributed by atoms with Crippen molar-refractivity contribution >= 4 is 22.6 Å². The molecule has 0 spiro atoms. The zero-order valence-electron chi connectivity index (χ0n) is 19.3. The van der Waals surface area contributed by atoms with E-state index in [1.54, 1.807) is 13.3 Å². The van der Waals surface area contributed by atoms with Crippen molar-refractivity contribution in [3.63, 3.8) is 0 Å². The molecule has 188 valence electrons. The summed E-state index contributed by atoms with van der Waals surface area (Å²) < 4.78 is 46.1. The molecule has 4 heterocycles. The molecular formula is C23H23F3N7O3+. The maximum absolute atomic E-state index is 13.1. The van der Waals surface area contributed by atoms with Crippen molar-refractivity contribution in [3.8, 4) is 5.75 Å². The molecule has 13 heteroatoms. The summed E-state index contributed by atoms with van der Waals surface area (Å²) in [4.78, 5) is 35.0. The number of amides is 1. The van der Waals surface area contributed by atoms with Crippen molar-refractivity contribution in [1.29, 1.82) is 0 Å². The second-order valence-corrected chi connectivity index (χ2v) is 8.55. The van der Waals surface area contributed by atoms with Gasteiger partial charge in [0.05, 0.1) is 19.0 Å². The molecule has 1 aromatic carbocycles. The van der Waals surface area contributed by atoms with Crippen LogP contribution in [0.15, 0.2) is 47.7 Å². The van der Waals surface area contributed by atoms with Gasteiger partial charge >= 0.3 is 17.8 Å². The highest BCUT2D eigenvalue weighted by molar-refractivity contribution is 5.87. The lowest BCUT2D eigenvalue weighted by molar-refractivity contribution is -0.345. The van der Waals surface area contributed by atoms with Crippen LogP contribution in [-0.2, 0) is 17.9 Å². The van der Waals surface area contributed by atoms with E-state index in [0.717, 1.165) is 16.0 Å². The lowest BCUT2D eigenvalue weighted by Crippen LogP contribution is -2.52. The number of aromatic amines is 1. The van der Waals surface area contributed by atoms with Crippen molar-refractivity contribution in [3.05, 3.63) is 64.5 Å². The van der Waals surface area contributed by atoms with Gasteiger partial charge in [0.25, 0.3) is 12.0 Å². The van der Waals surface area contributed by atoms with Crippen LogP contribution in [0, 0.1) is 0 Å². The van der Waals surface area contributed by atoms with Crippen molar-refractivity contribution in [1.82, 2.24) is 29.0 Å². The summed E-state index contributed by atoms with van der Waals surface area (Å²) in [5.41, 5.74) is 2.33. The van der Waals surface area contributed by atoms with Gasteiger partial charge < -0.3 is 9.64 Å². The van der Waals surface area contributed by atoms with Crippen molar-refractivity contribution in [2.45, 2.75) is 19.3 Å². The number of rotatable bonds is 5. The molecule has 1 fully saturated rings. The molecule has 1 saturated heterocycles. The van der Waals surface area contributed by atoms with Gasteiger partial charge in [-0.25, -0.2) is 14.8 Å². The van der Waals surface area contributed by atoms with E-state index in [-0.39, 0.29) is 25.3 Å². The van der Waals surface area contributed by atoms with Gasteiger partial charge in [-0.15, -0.1) is 0 Å². The molecule has 0 radical (unpaired) electrons. The van der Waals surface area contributed by atoms with E-state index in [4.69, 9.17) is 4.74 Å². The van der Waals surface area contributed by atoms with E-state index in [0.29, 0.717) is 42.1 Å². The number of carbonyl (C=O) groups is 1. The molecule has 4 aromatic rings. The molecule has 36 heavy (non-hydrogen) atoms. The third-order valence-electron chi connectivity index (χ3n) is 6.24. The first kappa shape index (κ1) is 23.7. The van der Waals surface area contributed by atoms with Gasteiger partial charge in [-0.2, -0.15) is 13.2 Å². The van der Waals surface area contributed by atoms with Gasteiger partial charge in [0.2, 0.25) is 0 Å². The Kier molecular flexibility index (Phi) is 6.08. The van der Waals surface area contributed by atoms with E-state index in [2.05, 4.69) is 15.1 Å². The second kappa shape index (κ2) is 9.22. The number of halogens is 3. The Morgan fingerprint density at radius 2 is 1.81 bits per heavy atom. The monoisotopic (exact) mass is 502 g/mol. The first-order valence-electron chi connectivity index (χ1n) is 11.2. The summed E-state index contributed by atoms with van der Waals surface area (Å²) >= 11 is 0. The molecule has 1 aliphatic rings. The molecule has 0 aliphatic carbocycles. The summed E-state index contributed by atoms with van der Waals surface area (Å²) in [5, 5.41) is 4.81. The van der Waals surface area contributed by atoms with Crippen LogP contribution in [0.5, 0.6) is 5.75 Å². The number of carbonyl (C=O) groups excluding carboxylic acids is 1. The molecule has 10 nitrogen and oxygen atoms in total. The second-order valence-electron chi connectivity index (χ2n) is 8.55. The minimum atomic E-state index is -4.86. The number of alkyl halides is 3. The predicted octanol–water partition coefficient (Wildman–Crippen LogP) is 1.12.